The number of nitrogens with zero attached hydrogens (tertiary/aromatic N) is 1. The number of hydrogen-bond donors (Lipinski definition) is 1. The summed E-state index contributed by atoms with van der Waals surface area (Å²) in [5.74, 6) is 0. The van der Waals surface area contributed by atoms with Crippen LogP contribution in [0.4, 0.5) is 0 Å². The van der Waals surface area contributed by atoms with Crippen molar-refractivity contribution in [3.8, 4) is 0 Å². The third-order valence-electron chi connectivity index (χ3n) is 1.39. The van der Waals surface area contributed by atoms with Gasteiger partial charge in [0.15, 0.2) is 3.83 Å². The minimum Gasteiger partial charge on any atom is -0.340 e. The molecule has 0 fully saturated rings. The van der Waals surface area contributed by atoms with Crippen molar-refractivity contribution in [1.82, 2.24) is 9.97 Å². The molecular formula is C7H11IN2. The fourth-order valence-corrected chi connectivity index (χ4v) is 1.28. The largest absolute Gasteiger partial charge is 0.340 e. The number of halogens is 1. The zero-order valence-electron chi connectivity index (χ0n) is 6.02. The van der Waals surface area contributed by atoms with Crippen LogP contribution in [0.5, 0.6) is 0 Å². The van der Waals surface area contributed by atoms with Crippen LogP contribution in [0.15, 0.2) is 6.20 Å². The van der Waals surface area contributed by atoms with Gasteiger partial charge in [0.05, 0.1) is 5.69 Å². The Morgan fingerprint density at radius 2 is 2.50 bits per heavy atom. The quantitative estimate of drug-likeness (QED) is 0.819. The van der Waals surface area contributed by atoms with Gasteiger partial charge in [-0.15, -0.1) is 0 Å². The van der Waals surface area contributed by atoms with Gasteiger partial charge >= 0.3 is 0 Å². The van der Waals surface area contributed by atoms with Gasteiger partial charge in [0.25, 0.3) is 0 Å². The smallest absolute Gasteiger partial charge is 0.168 e. The Balaban J connectivity index is 2.42. The Morgan fingerprint density at radius 1 is 1.70 bits per heavy atom. The third-order valence-corrected chi connectivity index (χ3v) is 1.94. The number of hydrogen-bond acceptors (Lipinski definition) is 1. The summed E-state index contributed by atoms with van der Waals surface area (Å²) in [5, 5.41) is 0. The van der Waals surface area contributed by atoms with Gasteiger partial charge in [-0.25, -0.2) is 4.98 Å². The minimum atomic E-state index is 0.990. The number of imidazole rings is 1. The monoisotopic (exact) mass is 250 g/mol. The fraction of sp³-hybridized carbons (Fsp3) is 0.571. The Kier molecular flexibility index (Phi) is 3.18. The predicted molar refractivity (Wildman–Crippen MR) is 49.9 cm³/mol. The molecule has 0 saturated carbocycles. The van der Waals surface area contributed by atoms with E-state index in [2.05, 4.69) is 39.5 Å². The molecule has 56 valence electrons. The first-order valence-electron chi connectivity index (χ1n) is 3.52. The molecular weight excluding hydrogens is 239 g/mol. The summed E-state index contributed by atoms with van der Waals surface area (Å²) < 4.78 is 0.990. The molecule has 0 radical (unpaired) electrons. The summed E-state index contributed by atoms with van der Waals surface area (Å²) in [5.41, 5.74) is 1.19. The van der Waals surface area contributed by atoms with E-state index < -0.39 is 0 Å². The standard InChI is InChI=1S/C7H11IN2/c1-2-3-4-6-5-9-7(8)10-6/h5H,2-4H2,1H3,(H,9,10). The summed E-state index contributed by atoms with van der Waals surface area (Å²) in [6.45, 7) is 2.19. The molecule has 0 bridgehead atoms. The number of aromatic amines is 1. The maximum atomic E-state index is 4.28. The summed E-state index contributed by atoms with van der Waals surface area (Å²) in [7, 11) is 0. The lowest BCUT2D eigenvalue weighted by atomic mass is 10.2. The molecule has 1 N–H and O–H groups in total. The molecule has 2 nitrogen and oxygen atoms in total. The molecule has 1 aromatic rings. The van der Waals surface area contributed by atoms with E-state index in [-0.39, 0.29) is 0 Å². The number of aryl methyl sites for hydroxylation is 1. The van der Waals surface area contributed by atoms with Crippen LogP contribution < -0.4 is 0 Å². The van der Waals surface area contributed by atoms with Crippen LogP contribution in [0, 0.1) is 3.83 Å². The van der Waals surface area contributed by atoms with E-state index in [1.165, 1.54) is 18.5 Å². The van der Waals surface area contributed by atoms with Crippen LogP contribution in [0.25, 0.3) is 0 Å². The molecule has 0 aliphatic heterocycles. The van der Waals surface area contributed by atoms with Gasteiger partial charge in [0.1, 0.15) is 0 Å². The average molecular weight is 250 g/mol. The molecule has 10 heavy (non-hydrogen) atoms. The van der Waals surface area contributed by atoms with Crippen LogP contribution in [0.1, 0.15) is 25.5 Å². The Morgan fingerprint density at radius 3 is 3.00 bits per heavy atom. The topological polar surface area (TPSA) is 28.7 Å². The molecule has 1 heterocycles. The van der Waals surface area contributed by atoms with Crippen LogP contribution >= 0.6 is 22.6 Å². The van der Waals surface area contributed by atoms with Gasteiger partial charge < -0.3 is 4.98 Å². The van der Waals surface area contributed by atoms with Crippen molar-refractivity contribution in [2.75, 3.05) is 0 Å². The van der Waals surface area contributed by atoms with Gasteiger partial charge in [-0.3, -0.25) is 0 Å². The highest BCUT2D eigenvalue weighted by molar-refractivity contribution is 14.1. The zero-order chi connectivity index (χ0) is 7.40. The fourth-order valence-electron chi connectivity index (χ4n) is 0.819. The maximum absolute atomic E-state index is 4.28. The van der Waals surface area contributed by atoms with Crippen molar-refractivity contribution in [3.05, 3.63) is 15.7 Å². The third kappa shape index (κ3) is 2.28. The van der Waals surface area contributed by atoms with Crippen molar-refractivity contribution in [3.63, 3.8) is 0 Å². The highest BCUT2D eigenvalue weighted by Gasteiger charge is 1.95. The highest BCUT2D eigenvalue weighted by Crippen LogP contribution is 2.03. The Labute approximate surface area is 74.6 Å². The van der Waals surface area contributed by atoms with E-state index in [0.717, 1.165) is 10.3 Å². The molecule has 0 aliphatic rings. The highest BCUT2D eigenvalue weighted by atomic mass is 127. The van der Waals surface area contributed by atoms with Gasteiger partial charge in [-0.2, -0.15) is 0 Å². The van der Waals surface area contributed by atoms with Gasteiger partial charge in [0, 0.05) is 6.20 Å². The SMILES string of the molecule is CCCCc1c[nH]c(I)n1. The van der Waals surface area contributed by atoms with E-state index in [1.54, 1.807) is 0 Å². The molecule has 0 spiro atoms. The van der Waals surface area contributed by atoms with Gasteiger partial charge in [0.2, 0.25) is 0 Å². The first-order valence-corrected chi connectivity index (χ1v) is 4.60. The lowest BCUT2D eigenvalue weighted by Crippen LogP contribution is -1.83. The van der Waals surface area contributed by atoms with Crippen molar-refractivity contribution in [2.45, 2.75) is 26.2 Å². The van der Waals surface area contributed by atoms with Crippen molar-refractivity contribution >= 4 is 22.6 Å². The van der Waals surface area contributed by atoms with E-state index in [9.17, 15) is 0 Å². The molecule has 0 saturated heterocycles. The normalized spacial score (nSPS) is 10.2. The van der Waals surface area contributed by atoms with Crippen LogP contribution in [0.3, 0.4) is 0 Å². The van der Waals surface area contributed by atoms with Crippen LogP contribution in [0.2, 0.25) is 0 Å². The molecule has 0 atom stereocenters. The van der Waals surface area contributed by atoms with Crippen LogP contribution in [-0.2, 0) is 6.42 Å². The average Bonchev–Trinajstić information content (AvgIpc) is 2.31. The van der Waals surface area contributed by atoms with Crippen molar-refractivity contribution in [2.24, 2.45) is 0 Å². The van der Waals surface area contributed by atoms with Gasteiger partial charge in [-0.05, 0) is 35.4 Å². The van der Waals surface area contributed by atoms with E-state index in [1.807, 2.05) is 6.20 Å². The first kappa shape index (κ1) is 8.04. The Hall–Kier alpha value is -0.0600. The molecule has 0 unspecified atom stereocenters. The van der Waals surface area contributed by atoms with Crippen molar-refractivity contribution in [1.29, 1.82) is 0 Å². The van der Waals surface area contributed by atoms with Gasteiger partial charge in [-0.1, -0.05) is 13.3 Å². The zero-order valence-corrected chi connectivity index (χ0v) is 8.18. The first-order chi connectivity index (χ1) is 4.83. The molecule has 0 aliphatic carbocycles. The van der Waals surface area contributed by atoms with Crippen molar-refractivity contribution < 1.29 is 0 Å². The number of rotatable bonds is 3. The summed E-state index contributed by atoms with van der Waals surface area (Å²) in [6, 6.07) is 0. The van der Waals surface area contributed by atoms with E-state index in [4.69, 9.17) is 0 Å². The van der Waals surface area contributed by atoms with E-state index in [0.29, 0.717) is 0 Å². The molecule has 3 heteroatoms. The maximum Gasteiger partial charge on any atom is 0.168 e. The lowest BCUT2D eigenvalue weighted by Gasteiger charge is -1.89. The Bertz CT molecular complexity index is 195. The number of aromatic nitrogens is 2. The molecule has 1 aromatic heterocycles. The predicted octanol–water partition coefficient (Wildman–Crippen LogP) is 2.36. The number of nitrogens with one attached hydrogen (secondary N) is 1. The summed E-state index contributed by atoms with van der Waals surface area (Å²) in [4.78, 5) is 7.33. The number of unbranched alkanes of at least 4 members (excludes halogenated alkanes) is 1. The van der Waals surface area contributed by atoms with E-state index >= 15 is 0 Å². The lowest BCUT2D eigenvalue weighted by molar-refractivity contribution is 0.780. The summed E-state index contributed by atoms with van der Waals surface area (Å²) in [6.07, 6.45) is 5.57. The molecule has 0 amide bonds. The van der Waals surface area contributed by atoms with Crippen LogP contribution in [-0.4, -0.2) is 9.97 Å². The molecule has 0 aromatic carbocycles. The summed E-state index contributed by atoms with van der Waals surface area (Å²) >= 11 is 2.19. The second kappa shape index (κ2) is 3.95. The molecule has 1 rings (SSSR count). The second-order valence-electron chi connectivity index (χ2n) is 2.29. The minimum absolute atomic E-state index is 0.990. The number of H-pyrrole nitrogens is 1. The second-order valence-corrected chi connectivity index (χ2v) is 3.31.